The summed E-state index contributed by atoms with van der Waals surface area (Å²) in [5.41, 5.74) is 6.26. The third-order valence-electron chi connectivity index (χ3n) is 6.77. The Bertz CT molecular complexity index is 1140. The maximum absolute atomic E-state index is 14.7. The zero-order valence-corrected chi connectivity index (χ0v) is 18.8. The molecule has 0 unspecified atom stereocenters. The second kappa shape index (κ2) is 8.68. The number of carboxylic acids is 1. The van der Waals surface area contributed by atoms with Crippen molar-refractivity contribution in [3.8, 4) is 16.9 Å². The summed E-state index contributed by atoms with van der Waals surface area (Å²) in [5, 5.41) is 13.1. The Kier molecular flexibility index (Phi) is 5.74. The quantitative estimate of drug-likeness (QED) is 0.503. The molecule has 2 heterocycles. The monoisotopic (exact) mass is 451 g/mol. The van der Waals surface area contributed by atoms with E-state index in [2.05, 4.69) is 17.0 Å². The minimum atomic E-state index is -0.679. The van der Waals surface area contributed by atoms with Gasteiger partial charge in [0.1, 0.15) is 11.6 Å². The van der Waals surface area contributed by atoms with Gasteiger partial charge in [0.2, 0.25) is 0 Å². The molecule has 3 aromatic rings. The molecule has 32 heavy (non-hydrogen) atoms. The van der Waals surface area contributed by atoms with Crippen LogP contribution in [0.2, 0.25) is 0 Å². The van der Waals surface area contributed by atoms with Crippen molar-refractivity contribution >= 4 is 17.3 Å². The summed E-state index contributed by atoms with van der Waals surface area (Å²) in [7, 11) is 0. The number of benzene rings is 2. The van der Waals surface area contributed by atoms with E-state index in [1.165, 1.54) is 11.1 Å². The molecule has 0 amide bonds. The number of aryl methyl sites for hydroxylation is 1. The van der Waals surface area contributed by atoms with Gasteiger partial charge in [0.15, 0.2) is 0 Å². The van der Waals surface area contributed by atoms with Crippen molar-refractivity contribution in [2.24, 2.45) is 5.92 Å². The highest BCUT2D eigenvalue weighted by Crippen LogP contribution is 2.37. The van der Waals surface area contributed by atoms with E-state index >= 15 is 0 Å². The Morgan fingerprint density at radius 1 is 1.19 bits per heavy atom. The lowest BCUT2D eigenvalue weighted by Crippen LogP contribution is -2.44. The number of hydrogen-bond acceptors (Lipinski definition) is 4. The van der Waals surface area contributed by atoms with Crippen LogP contribution >= 0.6 is 11.3 Å². The molecule has 6 heteroatoms. The number of fused-ring (bicyclic) bond motifs is 1. The molecule has 1 fully saturated rings. The number of halogens is 1. The highest BCUT2D eigenvalue weighted by molar-refractivity contribution is 7.08. The summed E-state index contributed by atoms with van der Waals surface area (Å²) >= 11 is 1.61. The van der Waals surface area contributed by atoms with Gasteiger partial charge in [0, 0.05) is 25.6 Å². The van der Waals surface area contributed by atoms with Crippen molar-refractivity contribution in [3.05, 3.63) is 75.2 Å². The van der Waals surface area contributed by atoms with E-state index in [-0.39, 0.29) is 11.7 Å². The molecule has 0 atom stereocenters. The average Bonchev–Trinajstić information content (AvgIpc) is 3.38. The molecule has 0 saturated heterocycles. The summed E-state index contributed by atoms with van der Waals surface area (Å²) in [6.07, 6.45) is 1.99. The van der Waals surface area contributed by atoms with Gasteiger partial charge in [-0.2, -0.15) is 11.3 Å². The first-order valence-corrected chi connectivity index (χ1v) is 12.0. The first kappa shape index (κ1) is 21.2. The van der Waals surface area contributed by atoms with Crippen molar-refractivity contribution in [3.63, 3.8) is 0 Å². The van der Waals surface area contributed by atoms with E-state index in [0.717, 1.165) is 48.4 Å². The lowest BCUT2D eigenvalue weighted by Gasteiger charge is -2.39. The van der Waals surface area contributed by atoms with Gasteiger partial charge in [-0.15, -0.1) is 0 Å². The Labute approximate surface area is 191 Å². The lowest BCUT2D eigenvalue weighted by atomic mass is 9.79. The topological polar surface area (TPSA) is 49.8 Å². The van der Waals surface area contributed by atoms with Gasteiger partial charge in [-0.05, 0) is 88.2 Å². The first-order chi connectivity index (χ1) is 15.5. The lowest BCUT2D eigenvalue weighted by molar-refractivity contribution is -0.147. The predicted octanol–water partition coefficient (Wildman–Crippen LogP) is 5.66. The minimum absolute atomic E-state index is 0.189. The number of ether oxygens (including phenoxy) is 1. The van der Waals surface area contributed by atoms with E-state index in [1.54, 1.807) is 17.4 Å². The summed E-state index contributed by atoms with van der Waals surface area (Å²) in [6, 6.07) is 12.1. The molecular formula is C26H26FNO3S. The molecule has 0 radical (unpaired) electrons. The third-order valence-corrected chi connectivity index (χ3v) is 7.45. The Morgan fingerprint density at radius 2 is 2.00 bits per heavy atom. The van der Waals surface area contributed by atoms with Crippen LogP contribution in [-0.2, 0) is 24.3 Å². The third kappa shape index (κ3) is 4.17. The number of carboxylic acid groups (broad SMARTS) is 1. The summed E-state index contributed by atoms with van der Waals surface area (Å²) < 4.78 is 20.6. The minimum Gasteiger partial charge on any atom is -0.493 e. The molecule has 2 aliphatic rings. The fourth-order valence-electron chi connectivity index (χ4n) is 4.77. The molecule has 1 aliphatic heterocycles. The van der Waals surface area contributed by atoms with Gasteiger partial charge in [-0.3, -0.25) is 9.69 Å². The van der Waals surface area contributed by atoms with Crippen LogP contribution in [0, 0.1) is 18.7 Å². The van der Waals surface area contributed by atoms with E-state index < -0.39 is 5.97 Å². The molecule has 0 spiro atoms. The molecule has 4 nitrogen and oxygen atoms in total. The van der Waals surface area contributed by atoms with Gasteiger partial charge in [0.25, 0.3) is 0 Å². The number of carbonyl (C=O) groups is 1. The summed E-state index contributed by atoms with van der Waals surface area (Å²) in [4.78, 5) is 13.4. The van der Waals surface area contributed by atoms with Gasteiger partial charge < -0.3 is 9.84 Å². The fraction of sp³-hybridized carbons (Fsp3) is 0.346. The number of aliphatic carboxylic acids is 1. The van der Waals surface area contributed by atoms with Crippen LogP contribution in [0.3, 0.4) is 0 Å². The number of rotatable bonds is 7. The zero-order chi connectivity index (χ0) is 22.2. The molecule has 1 N–H and O–H groups in total. The molecular weight excluding hydrogens is 425 g/mol. The Morgan fingerprint density at radius 3 is 2.75 bits per heavy atom. The maximum Gasteiger partial charge on any atom is 0.306 e. The van der Waals surface area contributed by atoms with Crippen molar-refractivity contribution in [2.45, 2.75) is 45.3 Å². The smallest absolute Gasteiger partial charge is 0.306 e. The zero-order valence-electron chi connectivity index (χ0n) is 18.0. The highest BCUT2D eigenvalue weighted by atomic mass is 32.1. The van der Waals surface area contributed by atoms with Crippen LogP contribution in [0.15, 0.2) is 47.2 Å². The number of nitrogens with zero attached hydrogens (tertiary/aromatic N) is 1. The van der Waals surface area contributed by atoms with Crippen LogP contribution in [0.4, 0.5) is 4.39 Å². The van der Waals surface area contributed by atoms with Gasteiger partial charge in [-0.25, -0.2) is 4.39 Å². The number of thiophene rings is 1. The van der Waals surface area contributed by atoms with Gasteiger partial charge >= 0.3 is 5.97 Å². The summed E-state index contributed by atoms with van der Waals surface area (Å²) in [5.74, 6) is -0.257. The Balaban J connectivity index is 1.17. The van der Waals surface area contributed by atoms with Gasteiger partial charge in [-0.1, -0.05) is 12.1 Å². The van der Waals surface area contributed by atoms with E-state index in [1.807, 2.05) is 35.9 Å². The first-order valence-electron chi connectivity index (χ1n) is 11.0. The van der Waals surface area contributed by atoms with Crippen LogP contribution in [0.25, 0.3) is 11.1 Å². The SMILES string of the molecule is Cc1cc(CCOc2ccc3c(c2)CN([C@H]2C[C@H](C(=O)O)C2)C3)c(F)cc1-c1ccsc1. The van der Waals surface area contributed by atoms with Crippen molar-refractivity contribution in [1.82, 2.24) is 4.90 Å². The molecule has 1 aliphatic carbocycles. The Hall–Kier alpha value is -2.70. The molecule has 0 bridgehead atoms. The van der Waals surface area contributed by atoms with Crippen LogP contribution in [0.1, 0.15) is 35.1 Å². The van der Waals surface area contributed by atoms with Crippen molar-refractivity contribution in [1.29, 1.82) is 0 Å². The van der Waals surface area contributed by atoms with Crippen LogP contribution < -0.4 is 4.74 Å². The second-order valence-corrected chi connectivity index (χ2v) is 9.64. The normalized spacial score (nSPS) is 20.1. The molecule has 166 valence electrons. The largest absolute Gasteiger partial charge is 0.493 e. The van der Waals surface area contributed by atoms with Crippen LogP contribution in [-0.4, -0.2) is 28.6 Å². The molecule has 2 aromatic carbocycles. The molecule has 1 aromatic heterocycles. The standard InChI is InChI=1S/C26H26FNO3S/c1-16-8-17(25(27)12-24(16)19-5-7-32-15-19)4-6-31-23-3-2-18-13-28(14-21(18)11-23)22-9-20(10-22)26(29)30/h2-3,5,7-8,11-12,15,20,22H,4,6,9-10,13-14H2,1H3,(H,29,30)/t20-,22-. The average molecular weight is 452 g/mol. The molecule has 1 saturated carbocycles. The highest BCUT2D eigenvalue weighted by Gasteiger charge is 2.39. The maximum atomic E-state index is 14.7. The van der Waals surface area contributed by atoms with Crippen LogP contribution in [0.5, 0.6) is 5.75 Å². The van der Waals surface area contributed by atoms with E-state index in [4.69, 9.17) is 9.84 Å². The van der Waals surface area contributed by atoms with E-state index in [0.29, 0.717) is 24.6 Å². The summed E-state index contributed by atoms with van der Waals surface area (Å²) in [6.45, 7) is 4.14. The molecule has 5 rings (SSSR count). The number of hydrogen-bond donors (Lipinski definition) is 1. The van der Waals surface area contributed by atoms with E-state index in [9.17, 15) is 9.18 Å². The fourth-order valence-corrected chi connectivity index (χ4v) is 5.43. The predicted molar refractivity (Wildman–Crippen MR) is 123 cm³/mol. The van der Waals surface area contributed by atoms with Crippen molar-refractivity contribution < 1.29 is 19.0 Å². The van der Waals surface area contributed by atoms with Gasteiger partial charge in [0.05, 0.1) is 12.5 Å². The second-order valence-electron chi connectivity index (χ2n) is 8.86. The van der Waals surface area contributed by atoms with Crippen molar-refractivity contribution in [2.75, 3.05) is 6.61 Å².